The molecular weight excluding hydrogens is 202 g/mol. The van der Waals surface area contributed by atoms with Gasteiger partial charge in [0.25, 0.3) is 0 Å². The van der Waals surface area contributed by atoms with Crippen molar-refractivity contribution in [1.82, 2.24) is 9.55 Å². The van der Waals surface area contributed by atoms with Gasteiger partial charge in [-0.2, -0.15) is 5.10 Å². The minimum atomic E-state index is 0.253. The molecule has 1 unspecified atom stereocenters. The van der Waals surface area contributed by atoms with Crippen LogP contribution in [0.2, 0.25) is 0 Å². The zero-order valence-electron chi connectivity index (χ0n) is 9.88. The molecule has 0 radical (unpaired) electrons. The number of hydrogen-bond acceptors (Lipinski definition) is 4. The lowest BCUT2D eigenvalue weighted by molar-refractivity contribution is 0.593. The molecule has 0 amide bonds. The summed E-state index contributed by atoms with van der Waals surface area (Å²) in [6.45, 7) is 6.30. The Morgan fingerprint density at radius 1 is 1.44 bits per heavy atom. The zero-order valence-corrected chi connectivity index (χ0v) is 9.88. The third-order valence-electron chi connectivity index (χ3n) is 2.81. The van der Waals surface area contributed by atoms with Crippen molar-refractivity contribution in [3.8, 4) is 0 Å². The molecule has 1 aliphatic rings. The third-order valence-corrected chi connectivity index (χ3v) is 2.81. The van der Waals surface area contributed by atoms with E-state index in [9.17, 15) is 0 Å². The van der Waals surface area contributed by atoms with E-state index in [0.29, 0.717) is 11.9 Å². The molecule has 0 fully saturated rings. The Morgan fingerprint density at radius 3 is 2.81 bits per heavy atom. The zero-order chi connectivity index (χ0) is 11.7. The third kappa shape index (κ3) is 1.85. The fraction of sp³-hybridized carbons (Fsp3) is 0.545. The van der Waals surface area contributed by atoms with Crippen LogP contribution in [0.3, 0.4) is 0 Å². The van der Waals surface area contributed by atoms with Crippen LogP contribution in [-0.2, 0) is 0 Å². The van der Waals surface area contributed by atoms with Crippen molar-refractivity contribution >= 4 is 11.5 Å². The highest BCUT2D eigenvalue weighted by atomic mass is 15.3. The largest absolute Gasteiger partial charge is 0.385 e. The van der Waals surface area contributed by atoms with Crippen LogP contribution >= 0.6 is 0 Å². The first kappa shape index (κ1) is 10.9. The summed E-state index contributed by atoms with van der Waals surface area (Å²) in [6.07, 6.45) is 4.49. The van der Waals surface area contributed by atoms with Crippen molar-refractivity contribution in [3.63, 3.8) is 0 Å². The van der Waals surface area contributed by atoms with Gasteiger partial charge in [-0.05, 0) is 13.8 Å². The van der Waals surface area contributed by atoms with Crippen molar-refractivity contribution in [2.24, 2.45) is 21.9 Å². The second-order valence-corrected chi connectivity index (χ2v) is 4.46. The van der Waals surface area contributed by atoms with Crippen LogP contribution in [-0.4, -0.2) is 21.1 Å². The highest BCUT2D eigenvalue weighted by Crippen LogP contribution is 2.18. The van der Waals surface area contributed by atoms with Gasteiger partial charge >= 0.3 is 0 Å². The van der Waals surface area contributed by atoms with Crippen LogP contribution in [0.4, 0.5) is 0 Å². The van der Waals surface area contributed by atoms with Crippen molar-refractivity contribution in [2.75, 3.05) is 0 Å². The Morgan fingerprint density at radius 2 is 2.19 bits per heavy atom. The standard InChI is InChI=1S/C11H17N5/c1-7(2)16-6-13-5-10(16)9-4-8(3)11(12)15-14-9/h5-8H,4H2,1-3H3,(H2,12,15). The van der Waals surface area contributed by atoms with Gasteiger partial charge in [-0.3, -0.25) is 0 Å². The van der Waals surface area contributed by atoms with Crippen molar-refractivity contribution in [2.45, 2.75) is 33.2 Å². The SMILES string of the molecule is CC1CC(c2cncn2C(C)C)=NN=C1N. The van der Waals surface area contributed by atoms with Gasteiger partial charge in [-0.1, -0.05) is 6.92 Å². The van der Waals surface area contributed by atoms with Gasteiger partial charge in [0, 0.05) is 18.4 Å². The monoisotopic (exact) mass is 219 g/mol. The average molecular weight is 219 g/mol. The maximum absolute atomic E-state index is 5.71. The van der Waals surface area contributed by atoms with Gasteiger partial charge < -0.3 is 10.3 Å². The molecule has 1 aromatic rings. The summed E-state index contributed by atoms with van der Waals surface area (Å²) in [4.78, 5) is 4.17. The molecule has 5 heteroatoms. The summed E-state index contributed by atoms with van der Waals surface area (Å²) in [5.41, 5.74) is 7.72. The van der Waals surface area contributed by atoms with Gasteiger partial charge in [0.2, 0.25) is 0 Å². The Bertz CT molecular complexity index is 441. The molecule has 0 saturated heterocycles. The second kappa shape index (κ2) is 4.08. The topological polar surface area (TPSA) is 68.6 Å². The number of rotatable bonds is 2. The predicted octanol–water partition coefficient (Wildman–Crippen LogP) is 1.57. The number of nitrogens with two attached hydrogens (primary N) is 1. The Balaban J connectivity index is 2.35. The fourth-order valence-corrected chi connectivity index (χ4v) is 1.75. The number of amidine groups is 1. The van der Waals surface area contributed by atoms with E-state index >= 15 is 0 Å². The van der Waals surface area contributed by atoms with Crippen LogP contribution in [0.25, 0.3) is 0 Å². The fourth-order valence-electron chi connectivity index (χ4n) is 1.75. The molecule has 5 nitrogen and oxygen atoms in total. The smallest absolute Gasteiger partial charge is 0.125 e. The van der Waals surface area contributed by atoms with E-state index in [4.69, 9.17) is 5.73 Å². The van der Waals surface area contributed by atoms with Crippen molar-refractivity contribution < 1.29 is 0 Å². The van der Waals surface area contributed by atoms with Gasteiger partial charge in [0.05, 0.1) is 23.9 Å². The summed E-state index contributed by atoms with van der Waals surface area (Å²) >= 11 is 0. The lowest BCUT2D eigenvalue weighted by Crippen LogP contribution is -2.27. The van der Waals surface area contributed by atoms with Crippen molar-refractivity contribution in [3.05, 3.63) is 18.2 Å². The Labute approximate surface area is 95.1 Å². The first-order valence-electron chi connectivity index (χ1n) is 5.51. The van der Waals surface area contributed by atoms with E-state index in [-0.39, 0.29) is 5.92 Å². The van der Waals surface area contributed by atoms with E-state index in [1.807, 2.05) is 12.5 Å². The summed E-state index contributed by atoms with van der Waals surface area (Å²) in [5, 5.41) is 8.16. The Kier molecular flexibility index (Phi) is 2.77. The van der Waals surface area contributed by atoms with E-state index in [0.717, 1.165) is 17.8 Å². The lowest BCUT2D eigenvalue weighted by atomic mass is 10.0. The van der Waals surface area contributed by atoms with Gasteiger partial charge in [0.1, 0.15) is 5.84 Å². The number of aromatic nitrogens is 2. The number of imidazole rings is 1. The number of nitrogens with zero attached hydrogens (tertiary/aromatic N) is 4. The maximum atomic E-state index is 5.71. The van der Waals surface area contributed by atoms with Crippen LogP contribution in [0.5, 0.6) is 0 Å². The van der Waals surface area contributed by atoms with Crippen LogP contribution in [0, 0.1) is 5.92 Å². The molecule has 1 aromatic heterocycles. The summed E-state index contributed by atoms with van der Waals surface area (Å²) in [6, 6.07) is 0.374. The first-order valence-corrected chi connectivity index (χ1v) is 5.51. The summed E-state index contributed by atoms with van der Waals surface area (Å²) in [5.74, 6) is 0.863. The van der Waals surface area contributed by atoms with E-state index < -0.39 is 0 Å². The molecule has 0 aromatic carbocycles. The summed E-state index contributed by atoms with van der Waals surface area (Å²) in [7, 11) is 0. The van der Waals surface area contributed by atoms with Crippen molar-refractivity contribution in [1.29, 1.82) is 0 Å². The quantitative estimate of drug-likeness (QED) is 0.820. The van der Waals surface area contributed by atoms with Gasteiger partial charge in [0.15, 0.2) is 0 Å². The van der Waals surface area contributed by atoms with Crippen LogP contribution in [0.1, 0.15) is 38.9 Å². The molecule has 16 heavy (non-hydrogen) atoms. The van der Waals surface area contributed by atoms with Crippen LogP contribution in [0.15, 0.2) is 22.7 Å². The van der Waals surface area contributed by atoms with Crippen LogP contribution < -0.4 is 5.73 Å². The highest BCUT2D eigenvalue weighted by molar-refractivity contribution is 6.03. The summed E-state index contributed by atoms with van der Waals surface area (Å²) < 4.78 is 2.10. The molecule has 0 aliphatic carbocycles. The van der Waals surface area contributed by atoms with E-state index in [1.165, 1.54) is 0 Å². The van der Waals surface area contributed by atoms with Gasteiger partial charge in [-0.25, -0.2) is 4.98 Å². The molecule has 2 rings (SSSR count). The van der Waals surface area contributed by atoms with E-state index in [1.54, 1.807) is 0 Å². The Hall–Kier alpha value is -1.65. The molecule has 2 N–H and O–H groups in total. The molecule has 1 atom stereocenters. The van der Waals surface area contributed by atoms with Gasteiger partial charge in [-0.15, -0.1) is 5.10 Å². The highest BCUT2D eigenvalue weighted by Gasteiger charge is 2.20. The molecule has 1 aliphatic heterocycles. The predicted molar refractivity (Wildman–Crippen MR) is 64.6 cm³/mol. The maximum Gasteiger partial charge on any atom is 0.125 e. The molecule has 2 heterocycles. The molecule has 86 valence electrons. The second-order valence-electron chi connectivity index (χ2n) is 4.46. The minimum Gasteiger partial charge on any atom is -0.385 e. The molecule has 0 bridgehead atoms. The van der Waals surface area contributed by atoms with E-state index in [2.05, 4.69) is 40.5 Å². The molecule has 0 saturated carbocycles. The lowest BCUT2D eigenvalue weighted by Gasteiger charge is -2.18. The average Bonchev–Trinajstić information content (AvgIpc) is 2.71. The number of hydrogen-bond donors (Lipinski definition) is 1. The molecule has 0 spiro atoms. The normalized spacial score (nSPS) is 20.9. The molecular formula is C11H17N5. The minimum absolute atomic E-state index is 0.253. The first-order chi connectivity index (χ1) is 7.59.